The third-order valence-corrected chi connectivity index (χ3v) is 3.03. The van der Waals surface area contributed by atoms with Gasteiger partial charge in [0.25, 0.3) is 0 Å². The summed E-state index contributed by atoms with van der Waals surface area (Å²) >= 11 is 0. The third-order valence-electron chi connectivity index (χ3n) is 3.03. The molecule has 0 saturated heterocycles. The van der Waals surface area contributed by atoms with E-state index in [9.17, 15) is 31.5 Å². The van der Waals surface area contributed by atoms with Gasteiger partial charge in [0.1, 0.15) is 12.1 Å². The average molecular weight is 345 g/mol. The summed E-state index contributed by atoms with van der Waals surface area (Å²) in [6.07, 6.45) is 0. The molecule has 0 aromatic heterocycles. The molecule has 0 aliphatic carbocycles. The zero-order valence-electron chi connectivity index (χ0n) is 11.7. The highest BCUT2D eigenvalue weighted by Gasteiger charge is 2.30. The minimum Gasteiger partial charge on any atom is -0.480 e. The Labute approximate surface area is 131 Å². The second-order valence-corrected chi connectivity index (χ2v) is 4.60. The zero-order chi connectivity index (χ0) is 18.0. The van der Waals surface area contributed by atoms with Crippen LogP contribution in [0.5, 0.6) is 0 Å². The number of ketones is 1. The smallest absolute Gasteiger partial charge is 0.322 e. The van der Waals surface area contributed by atoms with Gasteiger partial charge in [-0.2, -0.15) is 0 Å². The van der Waals surface area contributed by atoms with Crippen LogP contribution in [0.4, 0.5) is 27.6 Å². The minimum absolute atomic E-state index is 0.284. The number of benzene rings is 2. The molecule has 2 N–H and O–H groups in total. The summed E-state index contributed by atoms with van der Waals surface area (Å²) in [6, 6.07) is 4.57. The van der Waals surface area contributed by atoms with Gasteiger partial charge < -0.3 is 10.4 Å². The summed E-state index contributed by atoms with van der Waals surface area (Å²) in [4.78, 5) is 22.4. The second kappa shape index (κ2) is 6.65. The lowest BCUT2D eigenvalue weighted by Crippen LogP contribution is -2.14. The standard InChI is InChI=1S/C15H8F5NO3/c16-10-9(11(17)13(19)14(20)12(10)18)15(24)6-1-3-7(4-2-6)21-5-8(22)23/h1-4,21H,5H2,(H,22,23). The van der Waals surface area contributed by atoms with Gasteiger partial charge in [-0.05, 0) is 24.3 Å². The fourth-order valence-electron chi connectivity index (χ4n) is 1.87. The van der Waals surface area contributed by atoms with E-state index >= 15 is 0 Å². The summed E-state index contributed by atoms with van der Waals surface area (Å²) in [7, 11) is 0. The number of hydrogen-bond acceptors (Lipinski definition) is 3. The fraction of sp³-hybridized carbons (Fsp3) is 0.0667. The van der Waals surface area contributed by atoms with Crippen LogP contribution in [0.25, 0.3) is 0 Å². The number of nitrogens with one attached hydrogen (secondary N) is 1. The Morgan fingerprint density at radius 2 is 1.29 bits per heavy atom. The average Bonchev–Trinajstić information content (AvgIpc) is 2.57. The number of rotatable bonds is 5. The molecule has 2 rings (SSSR count). The van der Waals surface area contributed by atoms with Crippen molar-refractivity contribution in [3.63, 3.8) is 0 Å². The quantitative estimate of drug-likeness (QED) is 0.378. The molecule has 0 radical (unpaired) electrons. The summed E-state index contributed by atoms with van der Waals surface area (Å²) < 4.78 is 66.5. The van der Waals surface area contributed by atoms with Crippen LogP contribution in [-0.2, 0) is 4.79 Å². The van der Waals surface area contributed by atoms with Crippen molar-refractivity contribution in [2.45, 2.75) is 0 Å². The first-order valence-corrected chi connectivity index (χ1v) is 6.36. The highest BCUT2D eigenvalue weighted by atomic mass is 19.2. The van der Waals surface area contributed by atoms with Crippen LogP contribution in [0.15, 0.2) is 24.3 Å². The highest BCUT2D eigenvalue weighted by molar-refractivity contribution is 6.09. The lowest BCUT2D eigenvalue weighted by Gasteiger charge is -2.08. The van der Waals surface area contributed by atoms with Crippen molar-refractivity contribution < 1.29 is 36.6 Å². The molecule has 0 bridgehead atoms. The maximum atomic E-state index is 13.6. The van der Waals surface area contributed by atoms with Crippen molar-refractivity contribution in [1.82, 2.24) is 0 Å². The first kappa shape index (κ1) is 17.4. The number of carboxylic acid groups (broad SMARTS) is 1. The van der Waals surface area contributed by atoms with E-state index in [0.29, 0.717) is 0 Å². The molecule has 2 aromatic carbocycles. The van der Waals surface area contributed by atoms with Crippen molar-refractivity contribution in [2.24, 2.45) is 0 Å². The fourth-order valence-corrected chi connectivity index (χ4v) is 1.87. The van der Waals surface area contributed by atoms with Gasteiger partial charge in [-0.1, -0.05) is 0 Å². The summed E-state index contributed by atoms with van der Waals surface area (Å²) in [5, 5.41) is 11.0. The van der Waals surface area contributed by atoms with E-state index in [2.05, 4.69) is 5.32 Å². The molecule has 0 spiro atoms. The minimum atomic E-state index is -2.35. The van der Waals surface area contributed by atoms with Crippen molar-refractivity contribution in [2.75, 3.05) is 11.9 Å². The van der Waals surface area contributed by atoms with Crippen LogP contribution in [0.2, 0.25) is 0 Å². The monoisotopic (exact) mass is 345 g/mol. The van der Waals surface area contributed by atoms with E-state index < -0.39 is 52.9 Å². The second-order valence-electron chi connectivity index (χ2n) is 4.60. The molecule has 2 aromatic rings. The van der Waals surface area contributed by atoms with Crippen molar-refractivity contribution in [1.29, 1.82) is 0 Å². The Balaban J connectivity index is 2.38. The number of halogens is 5. The molecule has 0 heterocycles. The van der Waals surface area contributed by atoms with E-state index in [1.54, 1.807) is 0 Å². The van der Waals surface area contributed by atoms with Crippen LogP contribution >= 0.6 is 0 Å². The normalized spacial score (nSPS) is 10.5. The van der Waals surface area contributed by atoms with Gasteiger partial charge in [0, 0.05) is 11.3 Å². The van der Waals surface area contributed by atoms with Crippen LogP contribution in [0.3, 0.4) is 0 Å². The Bertz CT molecular complexity index is 792. The lowest BCUT2D eigenvalue weighted by molar-refractivity contribution is -0.134. The van der Waals surface area contributed by atoms with Gasteiger partial charge in [-0.3, -0.25) is 9.59 Å². The third kappa shape index (κ3) is 3.19. The molecule has 0 aliphatic rings. The maximum absolute atomic E-state index is 13.6. The van der Waals surface area contributed by atoms with Gasteiger partial charge in [-0.15, -0.1) is 0 Å². The molecule has 0 aliphatic heterocycles. The van der Waals surface area contributed by atoms with E-state index in [4.69, 9.17) is 5.11 Å². The lowest BCUT2D eigenvalue weighted by atomic mass is 10.0. The highest BCUT2D eigenvalue weighted by Crippen LogP contribution is 2.25. The number of carbonyl (C=O) groups is 2. The van der Waals surface area contributed by atoms with E-state index in [1.165, 1.54) is 12.1 Å². The topological polar surface area (TPSA) is 66.4 Å². The first-order chi connectivity index (χ1) is 11.2. The molecule has 126 valence electrons. The van der Waals surface area contributed by atoms with Crippen LogP contribution < -0.4 is 5.32 Å². The van der Waals surface area contributed by atoms with Crippen LogP contribution in [0, 0.1) is 29.1 Å². The largest absolute Gasteiger partial charge is 0.480 e. The van der Waals surface area contributed by atoms with Crippen molar-refractivity contribution in [3.05, 3.63) is 64.5 Å². The van der Waals surface area contributed by atoms with E-state index in [0.717, 1.165) is 12.1 Å². The number of carboxylic acids is 1. The van der Waals surface area contributed by atoms with E-state index in [-0.39, 0.29) is 11.3 Å². The Kier molecular flexibility index (Phi) is 4.82. The molecule has 0 unspecified atom stereocenters. The van der Waals surface area contributed by atoms with Gasteiger partial charge >= 0.3 is 5.97 Å². The summed E-state index contributed by atoms with van der Waals surface area (Å²) in [6.45, 7) is -0.412. The molecule has 0 fully saturated rings. The first-order valence-electron chi connectivity index (χ1n) is 6.36. The maximum Gasteiger partial charge on any atom is 0.322 e. The van der Waals surface area contributed by atoms with Crippen molar-refractivity contribution >= 4 is 17.4 Å². The predicted molar refractivity (Wildman–Crippen MR) is 72.2 cm³/mol. The Morgan fingerprint density at radius 1 is 0.833 bits per heavy atom. The molecule has 0 amide bonds. The van der Waals surface area contributed by atoms with E-state index in [1.807, 2.05) is 0 Å². The van der Waals surface area contributed by atoms with Gasteiger partial charge in [0.2, 0.25) is 5.82 Å². The summed E-state index contributed by atoms with van der Waals surface area (Å²) in [5.41, 5.74) is -1.61. The predicted octanol–water partition coefficient (Wildman–Crippen LogP) is 3.11. The molecular weight excluding hydrogens is 337 g/mol. The zero-order valence-corrected chi connectivity index (χ0v) is 11.7. The molecule has 24 heavy (non-hydrogen) atoms. The Hall–Kier alpha value is -2.97. The number of anilines is 1. The SMILES string of the molecule is O=C(O)CNc1ccc(C(=O)c2c(F)c(F)c(F)c(F)c2F)cc1. The number of aliphatic carboxylic acids is 1. The molecule has 4 nitrogen and oxygen atoms in total. The summed E-state index contributed by atoms with van der Waals surface area (Å²) in [5.74, 6) is -13.7. The Morgan fingerprint density at radius 3 is 1.75 bits per heavy atom. The molecule has 9 heteroatoms. The van der Waals surface area contributed by atoms with Gasteiger partial charge in [-0.25, -0.2) is 22.0 Å². The molecule has 0 saturated carbocycles. The van der Waals surface area contributed by atoms with Crippen molar-refractivity contribution in [3.8, 4) is 0 Å². The van der Waals surface area contributed by atoms with Gasteiger partial charge in [0.05, 0.1) is 0 Å². The van der Waals surface area contributed by atoms with Gasteiger partial charge in [0.15, 0.2) is 29.1 Å². The van der Waals surface area contributed by atoms with Crippen LogP contribution in [0.1, 0.15) is 15.9 Å². The number of carbonyl (C=O) groups excluding carboxylic acids is 1. The molecule has 0 atom stereocenters. The molecular formula is C15H8F5NO3. The number of hydrogen-bond donors (Lipinski definition) is 2. The van der Waals surface area contributed by atoms with Crippen LogP contribution in [-0.4, -0.2) is 23.4 Å².